The SMILES string of the molecule is O=C1CCCCC1.[CH2]CO. The van der Waals surface area contributed by atoms with Crippen LogP contribution in [0.3, 0.4) is 0 Å². The van der Waals surface area contributed by atoms with Gasteiger partial charge in [0.05, 0.1) is 0 Å². The van der Waals surface area contributed by atoms with E-state index in [2.05, 4.69) is 6.92 Å². The number of ketones is 1. The van der Waals surface area contributed by atoms with E-state index in [1.807, 2.05) is 0 Å². The molecule has 0 amide bonds. The molecule has 0 bridgehead atoms. The van der Waals surface area contributed by atoms with Gasteiger partial charge in [0, 0.05) is 19.4 Å². The molecule has 0 aromatic heterocycles. The maximum Gasteiger partial charge on any atom is 0.132 e. The molecule has 1 radical (unpaired) electrons. The molecule has 2 nitrogen and oxygen atoms in total. The molecule has 0 aliphatic heterocycles. The number of hydrogen-bond acceptors (Lipinski definition) is 2. The third kappa shape index (κ3) is 5.76. The number of aliphatic hydroxyl groups is 1. The minimum atomic E-state index is 0. The summed E-state index contributed by atoms with van der Waals surface area (Å²) in [4.78, 5) is 10.5. The molecule has 0 aromatic carbocycles. The van der Waals surface area contributed by atoms with Crippen molar-refractivity contribution >= 4 is 5.78 Å². The van der Waals surface area contributed by atoms with Crippen LogP contribution in [0.2, 0.25) is 0 Å². The normalized spacial score (nSPS) is 17.6. The lowest BCUT2D eigenvalue weighted by Gasteiger charge is -2.05. The first-order valence-corrected chi connectivity index (χ1v) is 3.73. The summed E-state index contributed by atoms with van der Waals surface area (Å²) in [6.45, 7) is 3.04. The second kappa shape index (κ2) is 6.75. The van der Waals surface area contributed by atoms with Gasteiger partial charge in [-0.05, 0) is 19.8 Å². The van der Waals surface area contributed by atoms with Crippen LogP contribution in [0.25, 0.3) is 0 Å². The first kappa shape index (κ1) is 9.63. The van der Waals surface area contributed by atoms with Crippen LogP contribution in [0.15, 0.2) is 0 Å². The van der Waals surface area contributed by atoms with E-state index in [0.29, 0.717) is 5.78 Å². The van der Waals surface area contributed by atoms with Gasteiger partial charge in [-0.15, -0.1) is 0 Å². The summed E-state index contributed by atoms with van der Waals surface area (Å²) in [5, 5.41) is 7.46. The predicted molar refractivity (Wildman–Crippen MR) is 40.5 cm³/mol. The van der Waals surface area contributed by atoms with E-state index < -0.39 is 0 Å². The molecule has 0 aromatic rings. The van der Waals surface area contributed by atoms with Gasteiger partial charge in [0.1, 0.15) is 5.78 Å². The molecule has 0 spiro atoms. The Morgan fingerprint density at radius 3 is 1.90 bits per heavy atom. The van der Waals surface area contributed by atoms with E-state index in [0.717, 1.165) is 25.7 Å². The molecular weight excluding hydrogens is 128 g/mol. The molecule has 1 fully saturated rings. The average Bonchev–Trinajstić information content (AvgIpc) is 1.91. The first-order chi connectivity index (χ1) is 4.81. The van der Waals surface area contributed by atoms with Gasteiger partial charge in [0.2, 0.25) is 0 Å². The Morgan fingerprint density at radius 2 is 1.70 bits per heavy atom. The zero-order chi connectivity index (χ0) is 7.82. The fraction of sp³-hybridized carbons (Fsp3) is 0.750. The van der Waals surface area contributed by atoms with E-state index in [-0.39, 0.29) is 6.61 Å². The highest BCUT2D eigenvalue weighted by atomic mass is 16.2. The number of carbonyl (C=O) groups excluding carboxylic acids is 1. The molecule has 0 heterocycles. The van der Waals surface area contributed by atoms with Crippen molar-refractivity contribution in [2.75, 3.05) is 6.61 Å². The molecule has 59 valence electrons. The molecule has 1 saturated carbocycles. The highest BCUT2D eigenvalue weighted by Gasteiger charge is 2.05. The van der Waals surface area contributed by atoms with E-state index >= 15 is 0 Å². The van der Waals surface area contributed by atoms with Crippen LogP contribution < -0.4 is 0 Å². The Hall–Kier alpha value is -0.370. The van der Waals surface area contributed by atoms with Gasteiger partial charge in [-0.2, -0.15) is 0 Å². The van der Waals surface area contributed by atoms with Gasteiger partial charge in [-0.1, -0.05) is 6.42 Å². The monoisotopic (exact) mass is 143 g/mol. The summed E-state index contributed by atoms with van der Waals surface area (Å²) in [6.07, 6.45) is 5.24. The largest absolute Gasteiger partial charge is 0.396 e. The number of Topliss-reactive ketones (excluding diaryl/α,β-unsaturated/α-hetero) is 1. The summed E-state index contributed by atoms with van der Waals surface area (Å²) in [6, 6.07) is 0. The lowest BCUT2D eigenvalue weighted by molar-refractivity contribution is -0.120. The van der Waals surface area contributed by atoms with Crippen molar-refractivity contribution < 1.29 is 9.90 Å². The van der Waals surface area contributed by atoms with Crippen LogP contribution in [-0.4, -0.2) is 17.5 Å². The third-order valence-electron chi connectivity index (χ3n) is 1.41. The van der Waals surface area contributed by atoms with Gasteiger partial charge in [0.15, 0.2) is 0 Å². The maximum atomic E-state index is 10.5. The minimum absolute atomic E-state index is 0. The lowest BCUT2D eigenvalue weighted by atomic mass is 10.00. The van der Waals surface area contributed by atoms with Crippen molar-refractivity contribution in [3.63, 3.8) is 0 Å². The summed E-state index contributed by atoms with van der Waals surface area (Å²) in [7, 11) is 0. The van der Waals surface area contributed by atoms with E-state index in [4.69, 9.17) is 5.11 Å². The molecular formula is C8H15O2. The number of carbonyl (C=O) groups is 1. The molecule has 0 unspecified atom stereocenters. The Kier molecular flexibility index (Phi) is 6.50. The van der Waals surface area contributed by atoms with E-state index in [1.165, 1.54) is 6.42 Å². The zero-order valence-electron chi connectivity index (χ0n) is 6.31. The topological polar surface area (TPSA) is 37.3 Å². The lowest BCUT2D eigenvalue weighted by Crippen LogP contribution is -2.02. The second-order valence-corrected chi connectivity index (χ2v) is 2.32. The summed E-state index contributed by atoms with van der Waals surface area (Å²) in [5.41, 5.74) is 0. The number of hydrogen-bond donors (Lipinski definition) is 1. The van der Waals surface area contributed by atoms with Crippen LogP contribution in [0.1, 0.15) is 32.1 Å². The molecule has 0 saturated heterocycles. The molecule has 10 heavy (non-hydrogen) atoms. The Labute approximate surface area is 62.2 Å². The van der Waals surface area contributed by atoms with Crippen molar-refractivity contribution in [3.8, 4) is 0 Å². The third-order valence-corrected chi connectivity index (χ3v) is 1.41. The van der Waals surface area contributed by atoms with Crippen molar-refractivity contribution in [3.05, 3.63) is 6.92 Å². The number of rotatable bonds is 0. The molecule has 0 atom stereocenters. The Bertz CT molecular complexity index is 81.3. The molecule has 1 aliphatic carbocycles. The van der Waals surface area contributed by atoms with Gasteiger partial charge < -0.3 is 5.11 Å². The van der Waals surface area contributed by atoms with Crippen LogP contribution in [0.4, 0.5) is 0 Å². The van der Waals surface area contributed by atoms with Crippen molar-refractivity contribution in [1.82, 2.24) is 0 Å². The zero-order valence-corrected chi connectivity index (χ0v) is 6.31. The van der Waals surface area contributed by atoms with Gasteiger partial charge in [-0.3, -0.25) is 4.79 Å². The highest BCUT2D eigenvalue weighted by molar-refractivity contribution is 5.78. The standard InChI is InChI=1S/C6H10O.C2H5O/c7-6-4-2-1-3-5-6;1-2-3/h1-5H2;3H,1-2H2. The fourth-order valence-corrected chi connectivity index (χ4v) is 0.946. The van der Waals surface area contributed by atoms with Crippen LogP contribution in [0, 0.1) is 6.92 Å². The van der Waals surface area contributed by atoms with Crippen molar-refractivity contribution in [1.29, 1.82) is 0 Å². The van der Waals surface area contributed by atoms with E-state index in [9.17, 15) is 4.79 Å². The average molecular weight is 143 g/mol. The molecule has 2 heteroatoms. The smallest absolute Gasteiger partial charge is 0.132 e. The van der Waals surface area contributed by atoms with E-state index in [1.54, 1.807) is 0 Å². The van der Waals surface area contributed by atoms with Gasteiger partial charge in [-0.25, -0.2) is 0 Å². The maximum absolute atomic E-state index is 10.5. The van der Waals surface area contributed by atoms with Crippen LogP contribution >= 0.6 is 0 Å². The predicted octanol–water partition coefficient (Wildman–Crippen LogP) is 1.33. The number of aliphatic hydroxyl groups excluding tert-OH is 1. The first-order valence-electron chi connectivity index (χ1n) is 3.73. The van der Waals surface area contributed by atoms with Crippen molar-refractivity contribution in [2.24, 2.45) is 0 Å². The Morgan fingerprint density at radius 1 is 1.30 bits per heavy atom. The molecule has 1 N–H and O–H groups in total. The minimum Gasteiger partial charge on any atom is -0.396 e. The fourth-order valence-electron chi connectivity index (χ4n) is 0.946. The van der Waals surface area contributed by atoms with Gasteiger partial charge in [0.25, 0.3) is 0 Å². The molecule has 1 aliphatic rings. The quantitative estimate of drug-likeness (QED) is 0.555. The van der Waals surface area contributed by atoms with Crippen LogP contribution in [0.5, 0.6) is 0 Å². The second-order valence-electron chi connectivity index (χ2n) is 2.32. The van der Waals surface area contributed by atoms with Crippen molar-refractivity contribution in [2.45, 2.75) is 32.1 Å². The van der Waals surface area contributed by atoms with Gasteiger partial charge >= 0.3 is 0 Å². The summed E-state index contributed by atoms with van der Waals surface area (Å²) < 4.78 is 0. The summed E-state index contributed by atoms with van der Waals surface area (Å²) >= 11 is 0. The Balaban J connectivity index is 0.000000236. The van der Waals surface area contributed by atoms with Crippen LogP contribution in [-0.2, 0) is 4.79 Å². The molecule has 1 rings (SSSR count). The summed E-state index contributed by atoms with van der Waals surface area (Å²) in [5.74, 6) is 0.464. The highest BCUT2D eigenvalue weighted by Crippen LogP contribution is 2.12.